The first-order valence-electron chi connectivity index (χ1n) is 6.92. The van der Waals surface area contributed by atoms with Gasteiger partial charge < -0.3 is 0 Å². The van der Waals surface area contributed by atoms with Crippen LogP contribution in [0.25, 0.3) is 0 Å². The van der Waals surface area contributed by atoms with Crippen LogP contribution in [-0.2, 0) is 0 Å². The van der Waals surface area contributed by atoms with Crippen LogP contribution in [0.2, 0.25) is 0 Å². The van der Waals surface area contributed by atoms with Gasteiger partial charge in [-0.1, -0.05) is 67.7 Å². The van der Waals surface area contributed by atoms with Gasteiger partial charge >= 0.3 is 0 Å². The molecule has 0 aromatic heterocycles. The van der Waals surface area contributed by atoms with E-state index in [2.05, 4.69) is 48.5 Å². The number of hydrogen-bond acceptors (Lipinski definition) is 0. The van der Waals surface area contributed by atoms with Crippen LogP contribution in [0.3, 0.4) is 0 Å². The van der Waals surface area contributed by atoms with Crippen LogP contribution in [-0.4, -0.2) is 0 Å². The fourth-order valence-electron chi connectivity index (χ4n) is 3.16. The summed E-state index contributed by atoms with van der Waals surface area (Å²) in [5.74, 6) is 2.56. The molecule has 0 aliphatic rings. The Bertz CT molecular complexity index is 159. The van der Waals surface area contributed by atoms with Crippen molar-refractivity contribution in [3.05, 3.63) is 0 Å². The predicted molar refractivity (Wildman–Crippen MR) is 71.1 cm³/mol. The minimum absolute atomic E-state index is 0.563. The molecule has 0 saturated heterocycles. The molecular formula is C15H32. The third-order valence-corrected chi connectivity index (χ3v) is 4.65. The summed E-state index contributed by atoms with van der Waals surface area (Å²) in [4.78, 5) is 0. The van der Waals surface area contributed by atoms with Crippen molar-refractivity contribution in [2.24, 2.45) is 23.2 Å². The molecule has 0 N–H and O–H groups in total. The molecule has 0 radical (unpaired) electrons. The van der Waals surface area contributed by atoms with E-state index in [1.807, 2.05) is 0 Å². The summed E-state index contributed by atoms with van der Waals surface area (Å²) >= 11 is 0. The maximum absolute atomic E-state index is 2.50. The summed E-state index contributed by atoms with van der Waals surface area (Å²) in [7, 11) is 0. The summed E-state index contributed by atoms with van der Waals surface area (Å²) < 4.78 is 0. The summed E-state index contributed by atoms with van der Waals surface area (Å²) in [6, 6.07) is 0. The summed E-state index contributed by atoms with van der Waals surface area (Å²) in [6.45, 7) is 16.7. The molecule has 0 amide bonds. The van der Waals surface area contributed by atoms with Crippen molar-refractivity contribution >= 4 is 0 Å². The standard InChI is InChI=1S/C15H32/c1-8-11-15(7,10-3)14(9-2)13(6)12(4)5/h12-14H,8-11H2,1-7H3. The van der Waals surface area contributed by atoms with Gasteiger partial charge in [0.15, 0.2) is 0 Å². The lowest BCUT2D eigenvalue weighted by molar-refractivity contribution is 0.0803. The molecule has 0 heterocycles. The molecule has 92 valence electrons. The molecule has 0 spiro atoms. The second-order valence-electron chi connectivity index (χ2n) is 5.88. The smallest absolute Gasteiger partial charge is 0.0298 e. The molecule has 0 aromatic rings. The Balaban J connectivity index is 4.73. The van der Waals surface area contributed by atoms with Gasteiger partial charge in [0.05, 0.1) is 0 Å². The second kappa shape index (κ2) is 6.55. The number of hydrogen-bond donors (Lipinski definition) is 0. The minimum Gasteiger partial charge on any atom is -0.0654 e. The van der Waals surface area contributed by atoms with Crippen molar-refractivity contribution in [2.45, 2.75) is 74.1 Å². The van der Waals surface area contributed by atoms with E-state index < -0.39 is 0 Å². The van der Waals surface area contributed by atoms with Gasteiger partial charge in [-0.2, -0.15) is 0 Å². The van der Waals surface area contributed by atoms with Crippen molar-refractivity contribution in [1.82, 2.24) is 0 Å². The topological polar surface area (TPSA) is 0 Å². The minimum atomic E-state index is 0.563. The van der Waals surface area contributed by atoms with Crippen LogP contribution in [0, 0.1) is 23.2 Å². The zero-order chi connectivity index (χ0) is 12.1. The van der Waals surface area contributed by atoms with Crippen LogP contribution in [0.15, 0.2) is 0 Å². The average Bonchev–Trinajstić information content (AvgIpc) is 2.18. The van der Waals surface area contributed by atoms with Crippen molar-refractivity contribution < 1.29 is 0 Å². The Kier molecular flexibility index (Phi) is 6.55. The van der Waals surface area contributed by atoms with Crippen molar-refractivity contribution in [3.63, 3.8) is 0 Å². The highest BCUT2D eigenvalue weighted by atomic mass is 14.4. The largest absolute Gasteiger partial charge is 0.0654 e. The third kappa shape index (κ3) is 3.81. The van der Waals surface area contributed by atoms with Gasteiger partial charge in [-0.05, 0) is 29.6 Å². The van der Waals surface area contributed by atoms with Gasteiger partial charge in [-0.15, -0.1) is 0 Å². The average molecular weight is 212 g/mol. The Morgan fingerprint density at radius 3 is 1.80 bits per heavy atom. The normalized spacial score (nSPS) is 20.0. The molecule has 0 aliphatic carbocycles. The predicted octanol–water partition coefficient (Wildman–Crippen LogP) is 5.52. The molecule has 3 unspecified atom stereocenters. The quantitative estimate of drug-likeness (QED) is 0.521. The van der Waals surface area contributed by atoms with Gasteiger partial charge in [0.25, 0.3) is 0 Å². The fraction of sp³-hybridized carbons (Fsp3) is 1.00. The molecule has 0 saturated carbocycles. The Morgan fingerprint density at radius 1 is 1.00 bits per heavy atom. The summed E-state index contributed by atoms with van der Waals surface area (Å²) in [6.07, 6.45) is 5.38. The van der Waals surface area contributed by atoms with Gasteiger partial charge in [0.2, 0.25) is 0 Å². The summed E-state index contributed by atoms with van der Waals surface area (Å²) in [5.41, 5.74) is 0.563. The van der Waals surface area contributed by atoms with E-state index in [1.54, 1.807) is 0 Å². The van der Waals surface area contributed by atoms with Gasteiger partial charge in [0, 0.05) is 0 Å². The lowest BCUT2D eigenvalue weighted by Gasteiger charge is -2.42. The number of rotatable bonds is 7. The van der Waals surface area contributed by atoms with Crippen LogP contribution in [0.1, 0.15) is 74.1 Å². The van der Waals surface area contributed by atoms with Gasteiger partial charge in [-0.25, -0.2) is 0 Å². The first kappa shape index (κ1) is 15.0. The molecule has 0 fully saturated rings. The highest BCUT2D eigenvalue weighted by molar-refractivity contribution is 4.84. The van der Waals surface area contributed by atoms with Gasteiger partial charge in [0.1, 0.15) is 0 Å². The zero-order valence-corrected chi connectivity index (χ0v) is 12.1. The zero-order valence-electron chi connectivity index (χ0n) is 12.1. The Labute approximate surface area is 97.8 Å². The molecule has 0 bridgehead atoms. The molecule has 0 aliphatic heterocycles. The first-order chi connectivity index (χ1) is 6.92. The molecule has 15 heavy (non-hydrogen) atoms. The Hall–Kier alpha value is 0. The molecule has 0 nitrogen and oxygen atoms in total. The van der Waals surface area contributed by atoms with Gasteiger partial charge in [-0.3, -0.25) is 0 Å². The highest BCUT2D eigenvalue weighted by Gasteiger charge is 2.34. The molecule has 0 aromatic carbocycles. The van der Waals surface area contributed by atoms with Crippen molar-refractivity contribution in [2.75, 3.05) is 0 Å². The van der Waals surface area contributed by atoms with E-state index in [-0.39, 0.29) is 0 Å². The fourth-order valence-corrected chi connectivity index (χ4v) is 3.16. The van der Waals surface area contributed by atoms with Crippen LogP contribution < -0.4 is 0 Å². The molecule has 0 rings (SSSR count). The van der Waals surface area contributed by atoms with E-state index in [0.717, 1.165) is 17.8 Å². The first-order valence-corrected chi connectivity index (χ1v) is 6.92. The summed E-state index contributed by atoms with van der Waals surface area (Å²) in [5, 5.41) is 0. The SMILES string of the molecule is CCCC(C)(CC)C(CC)C(C)C(C)C. The van der Waals surface area contributed by atoms with Crippen LogP contribution in [0.5, 0.6) is 0 Å². The van der Waals surface area contributed by atoms with Crippen molar-refractivity contribution in [3.8, 4) is 0 Å². The lowest BCUT2D eigenvalue weighted by Crippen LogP contribution is -2.33. The monoisotopic (exact) mass is 212 g/mol. The van der Waals surface area contributed by atoms with E-state index >= 15 is 0 Å². The third-order valence-electron chi connectivity index (χ3n) is 4.65. The van der Waals surface area contributed by atoms with E-state index in [9.17, 15) is 0 Å². The van der Waals surface area contributed by atoms with Crippen LogP contribution in [0.4, 0.5) is 0 Å². The molecule has 0 heteroatoms. The van der Waals surface area contributed by atoms with E-state index in [1.165, 1.54) is 25.7 Å². The molecule has 3 atom stereocenters. The lowest BCUT2D eigenvalue weighted by atomic mass is 9.64. The van der Waals surface area contributed by atoms with Crippen LogP contribution >= 0.6 is 0 Å². The maximum Gasteiger partial charge on any atom is -0.0298 e. The van der Waals surface area contributed by atoms with Crippen molar-refractivity contribution in [1.29, 1.82) is 0 Å². The highest BCUT2D eigenvalue weighted by Crippen LogP contribution is 2.44. The second-order valence-corrected chi connectivity index (χ2v) is 5.88. The molecular weight excluding hydrogens is 180 g/mol. The Morgan fingerprint density at radius 2 is 1.53 bits per heavy atom. The maximum atomic E-state index is 2.50. The van der Waals surface area contributed by atoms with E-state index in [4.69, 9.17) is 0 Å². The van der Waals surface area contributed by atoms with E-state index in [0.29, 0.717) is 5.41 Å².